The molecule has 2 aliphatic rings. The van der Waals surface area contributed by atoms with Crippen LogP contribution in [0.25, 0.3) is 0 Å². The SMILES string of the molecule is O=C1c2cc(Br)ccc2OC2CCOCC12. The number of Topliss-reactive ketones (excluding diaryl/α,β-unsaturated/α-hetero) is 1. The summed E-state index contributed by atoms with van der Waals surface area (Å²) in [5.74, 6) is 0.721. The first kappa shape index (κ1) is 10.3. The topological polar surface area (TPSA) is 35.5 Å². The van der Waals surface area contributed by atoms with Gasteiger partial charge in [-0.1, -0.05) is 15.9 Å². The molecule has 0 N–H and O–H groups in total. The molecule has 1 saturated heterocycles. The highest BCUT2D eigenvalue weighted by atomic mass is 79.9. The molecule has 1 aromatic rings. The van der Waals surface area contributed by atoms with Crippen LogP contribution in [0, 0.1) is 5.92 Å². The van der Waals surface area contributed by atoms with Gasteiger partial charge in [-0.05, 0) is 18.2 Å². The van der Waals surface area contributed by atoms with Crippen molar-refractivity contribution in [3.8, 4) is 5.75 Å². The van der Waals surface area contributed by atoms with Crippen molar-refractivity contribution in [1.29, 1.82) is 0 Å². The number of ketones is 1. The van der Waals surface area contributed by atoms with Crippen molar-refractivity contribution in [2.24, 2.45) is 5.92 Å². The van der Waals surface area contributed by atoms with E-state index in [2.05, 4.69) is 15.9 Å². The highest BCUT2D eigenvalue weighted by molar-refractivity contribution is 9.10. The van der Waals surface area contributed by atoms with Gasteiger partial charge in [0.25, 0.3) is 0 Å². The van der Waals surface area contributed by atoms with E-state index in [1.807, 2.05) is 18.2 Å². The van der Waals surface area contributed by atoms with Crippen molar-refractivity contribution in [1.82, 2.24) is 0 Å². The highest BCUT2D eigenvalue weighted by Crippen LogP contribution is 2.35. The fourth-order valence-electron chi connectivity index (χ4n) is 2.26. The van der Waals surface area contributed by atoms with Crippen LogP contribution in [0.2, 0.25) is 0 Å². The predicted octanol–water partition coefficient (Wildman–Crippen LogP) is 2.43. The molecule has 0 aromatic heterocycles. The first-order valence-electron chi connectivity index (χ1n) is 5.34. The number of ether oxygens (including phenoxy) is 2. The maximum absolute atomic E-state index is 12.2. The summed E-state index contributed by atoms with van der Waals surface area (Å²) < 4.78 is 12.1. The van der Waals surface area contributed by atoms with Crippen molar-refractivity contribution >= 4 is 21.7 Å². The molecule has 0 aliphatic carbocycles. The lowest BCUT2D eigenvalue weighted by Gasteiger charge is -2.35. The van der Waals surface area contributed by atoms with E-state index in [9.17, 15) is 4.79 Å². The van der Waals surface area contributed by atoms with Crippen LogP contribution in [0.4, 0.5) is 0 Å². The van der Waals surface area contributed by atoms with Crippen LogP contribution in [0.3, 0.4) is 0 Å². The summed E-state index contributed by atoms with van der Waals surface area (Å²) in [6.07, 6.45) is 0.793. The minimum atomic E-state index is -0.129. The molecule has 16 heavy (non-hydrogen) atoms. The summed E-state index contributed by atoms with van der Waals surface area (Å²) in [5, 5.41) is 0. The van der Waals surface area contributed by atoms with Crippen LogP contribution in [0.5, 0.6) is 5.75 Å². The van der Waals surface area contributed by atoms with E-state index in [0.717, 1.165) is 10.9 Å². The molecule has 0 amide bonds. The number of rotatable bonds is 0. The third-order valence-electron chi connectivity index (χ3n) is 3.12. The van der Waals surface area contributed by atoms with Crippen LogP contribution < -0.4 is 4.74 Å². The third kappa shape index (κ3) is 1.57. The fourth-order valence-corrected chi connectivity index (χ4v) is 2.63. The zero-order chi connectivity index (χ0) is 11.1. The smallest absolute Gasteiger partial charge is 0.175 e. The lowest BCUT2D eigenvalue weighted by atomic mass is 9.87. The van der Waals surface area contributed by atoms with Gasteiger partial charge in [0.05, 0.1) is 24.7 Å². The van der Waals surface area contributed by atoms with E-state index >= 15 is 0 Å². The predicted molar refractivity (Wildman–Crippen MR) is 61.8 cm³/mol. The van der Waals surface area contributed by atoms with E-state index in [1.54, 1.807) is 0 Å². The summed E-state index contributed by atoms with van der Waals surface area (Å²) in [6.45, 7) is 1.16. The Bertz CT molecular complexity index is 444. The number of benzene rings is 1. The number of hydrogen-bond donors (Lipinski definition) is 0. The molecule has 2 aliphatic heterocycles. The Morgan fingerprint density at radius 1 is 1.38 bits per heavy atom. The molecule has 2 unspecified atom stereocenters. The zero-order valence-electron chi connectivity index (χ0n) is 8.61. The second-order valence-corrected chi connectivity index (χ2v) is 5.05. The van der Waals surface area contributed by atoms with Crippen molar-refractivity contribution in [2.75, 3.05) is 13.2 Å². The summed E-state index contributed by atoms with van der Waals surface area (Å²) in [4.78, 5) is 12.2. The Balaban J connectivity index is 2.03. The average molecular weight is 283 g/mol. The van der Waals surface area contributed by atoms with E-state index in [0.29, 0.717) is 24.5 Å². The van der Waals surface area contributed by atoms with Gasteiger partial charge in [-0.3, -0.25) is 4.79 Å². The molecule has 3 nitrogen and oxygen atoms in total. The van der Waals surface area contributed by atoms with Crippen LogP contribution >= 0.6 is 15.9 Å². The first-order chi connectivity index (χ1) is 7.75. The number of carbonyl (C=O) groups is 1. The number of hydrogen-bond acceptors (Lipinski definition) is 3. The van der Waals surface area contributed by atoms with Crippen molar-refractivity contribution in [2.45, 2.75) is 12.5 Å². The minimum absolute atomic E-state index is 0.00470. The maximum Gasteiger partial charge on any atom is 0.175 e. The van der Waals surface area contributed by atoms with E-state index in [1.165, 1.54) is 0 Å². The Kier molecular flexibility index (Phi) is 2.48. The van der Waals surface area contributed by atoms with Crippen LogP contribution in [-0.2, 0) is 4.74 Å². The van der Waals surface area contributed by atoms with Crippen molar-refractivity contribution in [3.63, 3.8) is 0 Å². The van der Waals surface area contributed by atoms with Gasteiger partial charge in [0.15, 0.2) is 5.78 Å². The summed E-state index contributed by atoms with van der Waals surface area (Å²) in [5.41, 5.74) is 0.668. The van der Waals surface area contributed by atoms with Crippen molar-refractivity contribution < 1.29 is 14.3 Å². The average Bonchev–Trinajstić information content (AvgIpc) is 2.31. The summed E-state index contributed by atoms with van der Waals surface area (Å²) in [6, 6.07) is 5.57. The molecule has 1 aromatic carbocycles. The van der Waals surface area contributed by atoms with Gasteiger partial charge in [-0.15, -0.1) is 0 Å². The molecular formula is C12H11BrO3. The maximum atomic E-state index is 12.2. The Morgan fingerprint density at radius 2 is 2.25 bits per heavy atom. The molecule has 2 heterocycles. The molecule has 3 rings (SSSR count). The first-order valence-corrected chi connectivity index (χ1v) is 6.13. The highest BCUT2D eigenvalue weighted by Gasteiger charge is 2.39. The third-order valence-corrected chi connectivity index (χ3v) is 3.61. The fraction of sp³-hybridized carbons (Fsp3) is 0.417. The summed E-state index contributed by atoms with van der Waals surface area (Å²) >= 11 is 3.37. The van der Waals surface area contributed by atoms with Gasteiger partial charge in [0.2, 0.25) is 0 Å². The van der Waals surface area contributed by atoms with Gasteiger partial charge >= 0.3 is 0 Å². The van der Waals surface area contributed by atoms with Crippen LogP contribution in [0.1, 0.15) is 16.8 Å². The minimum Gasteiger partial charge on any atom is -0.489 e. The van der Waals surface area contributed by atoms with Gasteiger partial charge in [0.1, 0.15) is 11.9 Å². The number of halogens is 1. The lowest BCUT2D eigenvalue weighted by Crippen LogP contribution is -2.44. The Hall–Kier alpha value is -0.870. The van der Waals surface area contributed by atoms with Gasteiger partial charge in [-0.25, -0.2) is 0 Å². The summed E-state index contributed by atoms with van der Waals surface area (Å²) in [7, 11) is 0. The molecule has 0 spiro atoms. The largest absolute Gasteiger partial charge is 0.489 e. The van der Waals surface area contributed by atoms with Gasteiger partial charge in [0, 0.05) is 10.9 Å². The van der Waals surface area contributed by atoms with E-state index in [4.69, 9.17) is 9.47 Å². The molecule has 2 atom stereocenters. The molecule has 4 heteroatoms. The van der Waals surface area contributed by atoms with E-state index in [-0.39, 0.29) is 17.8 Å². The molecule has 84 valence electrons. The second kappa shape index (κ2) is 3.86. The normalized spacial score (nSPS) is 27.9. The molecule has 0 radical (unpaired) electrons. The van der Waals surface area contributed by atoms with Gasteiger partial charge in [-0.2, -0.15) is 0 Å². The van der Waals surface area contributed by atoms with E-state index < -0.39 is 0 Å². The second-order valence-electron chi connectivity index (χ2n) is 4.13. The number of carbonyl (C=O) groups excluding carboxylic acids is 1. The van der Waals surface area contributed by atoms with Crippen LogP contribution in [-0.4, -0.2) is 25.1 Å². The Morgan fingerprint density at radius 3 is 3.12 bits per heavy atom. The molecule has 1 fully saturated rings. The zero-order valence-corrected chi connectivity index (χ0v) is 10.2. The Labute approximate surface area is 102 Å². The molecule has 0 saturated carbocycles. The van der Waals surface area contributed by atoms with Crippen molar-refractivity contribution in [3.05, 3.63) is 28.2 Å². The quantitative estimate of drug-likeness (QED) is 0.733. The number of fused-ring (bicyclic) bond motifs is 2. The van der Waals surface area contributed by atoms with Crippen LogP contribution in [0.15, 0.2) is 22.7 Å². The van der Waals surface area contributed by atoms with Gasteiger partial charge < -0.3 is 9.47 Å². The molecule has 0 bridgehead atoms. The molecular weight excluding hydrogens is 272 g/mol. The standard InChI is InChI=1S/C12H11BrO3/c13-7-1-2-10-8(5-7)12(14)9-6-15-4-3-11(9)16-10/h1-2,5,9,11H,3-4,6H2. The lowest BCUT2D eigenvalue weighted by molar-refractivity contribution is -0.0212. The monoisotopic (exact) mass is 282 g/mol.